The van der Waals surface area contributed by atoms with Gasteiger partial charge < -0.3 is 10.2 Å². The molecule has 0 aliphatic carbocycles. The summed E-state index contributed by atoms with van der Waals surface area (Å²) in [6.07, 6.45) is 0.975. The number of carbonyl (C=O) groups is 2. The molecular formula is C35H38ClN3O4S. The van der Waals surface area contributed by atoms with Crippen LogP contribution in [0.25, 0.3) is 0 Å². The summed E-state index contributed by atoms with van der Waals surface area (Å²) < 4.78 is 29.2. The third kappa shape index (κ3) is 8.49. The van der Waals surface area contributed by atoms with Crippen molar-refractivity contribution in [2.75, 3.05) is 10.8 Å². The largest absolute Gasteiger partial charge is 0.352 e. The molecule has 0 fully saturated rings. The molecule has 2 atom stereocenters. The fraction of sp³-hybridized carbons (Fsp3) is 0.257. The van der Waals surface area contributed by atoms with Gasteiger partial charge in [0.05, 0.1) is 10.6 Å². The highest BCUT2D eigenvalue weighted by Crippen LogP contribution is 2.26. The zero-order chi connectivity index (χ0) is 31.7. The Bertz CT molecular complexity index is 1630. The number of aryl methyl sites for hydroxylation is 1. The van der Waals surface area contributed by atoms with Gasteiger partial charge in [-0.15, -0.1) is 0 Å². The van der Waals surface area contributed by atoms with Gasteiger partial charge in [0.15, 0.2) is 0 Å². The van der Waals surface area contributed by atoms with Gasteiger partial charge in [-0.2, -0.15) is 0 Å². The van der Waals surface area contributed by atoms with E-state index in [1.165, 1.54) is 17.0 Å². The van der Waals surface area contributed by atoms with Crippen LogP contribution in [-0.2, 0) is 32.6 Å². The van der Waals surface area contributed by atoms with Crippen molar-refractivity contribution < 1.29 is 18.0 Å². The van der Waals surface area contributed by atoms with Crippen LogP contribution in [0, 0.1) is 6.92 Å². The van der Waals surface area contributed by atoms with Crippen molar-refractivity contribution in [3.63, 3.8) is 0 Å². The van der Waals surface area contributed by atoms with E-state index in [2.05, 4.69) is 5.32 Å². The Morgan fingerprint density at radius 3 is 1.95 bits per heavy atom. The molecule has 4 rings (SSSR count). The van der Waals surface area contributed by atoms with Crippen LogP contribution in [0.1, 0.15) is 37.0 Å². The first kappa shape index (κ1) is 32.8. The fourth-order valence-electron chi connectivity index (χ4n) is 4.75. The summed E-state index contributed by atoms with van der Waals surface area (Å²) in [7, 11) is -4.17. The van der Waals surface area contributed by atoms with Gasteiger partial charge in [0, 0.05) is 24.0 Å². The van der Waals surface area contributed by atoms with E-state index in [9.17, 15) is 18.0 Å². The topological polar surface area (TPSA) is 86.8 Å². The Kier molecular flexibility index (Phi) is 11.2. The lowest BCUT2D eigenvalue weighted by atomic mass is 10.0. The highest BCUT2D eigenvalue weighted by molar-refractivity contribution is 7.92. The number of hydrogen-bond acceptors (Lipinski definition) is 4. The van der Waals surface area contributed by atoms with Crippen molar-refractivity contribution in [3.05, 3.63) is 131 Å². The summed E-state index contributed by atoms with van der Waals surface area (Å²) in [6, 6.07) is 30.6. The summed E-state index contributed by atoms with van der Waals surface area (Å²) in [6.45, 7) is 5.35. The molecule has 2 amide bonds. The first-order valence-electron chi connectivity index (χ1n) is 14.6. The molecule has 0 spiro atoms. The van der Waals surface area contributed by atoms with Crippen LogP contribution >= 0.6 is 11.6 Å². The lowest BCUT2D eigenvalue weighted by Crippen LogP contribution is -2.54. The molecule has 0 saturated carbocycles. The van der Waals surface area contributed by atoms with Crippen molar-refractivity contribution in [2.24, 2.45) is 0 Å². The quantitative estimate of drug-likeness (QED) is 0.185. The van der Waals surface area contributed by atoms with E-state index in [-0.39, 0.29) is 35.5 Å². The Morgan fingerprint density at radius 2 is 1.39 bits per heavy atom. The molecule has 0 radical (unpaired) electrons. The second-order valence-corrected chi connectivity index (χ2v) is 13.1. The second-order valence-electron chi connectivity index (χ2n) is 10.8. The second kappa shape index (κ2) is 15.0. The molecule has 0 unspecified atom stereocenters. The molecule has 44 heavy (non-hydrogen) atoms. The van der Waals surface area contributed by atoms with Gasteiger partial charge in [-0.05, 0) is 67.8 Å². The predicted molar refractivity (Wildman–Crippen MR) is 176 cm³/mol. The number of nitrogens with one attached hydrogen (secondary N) is 1. The summed E-state index contributed by atoms with van der Waals surface area (Å²) in [5, 5.41) is 3.48. The van der Waals surface area contributed by atoms with Crippen LogP contribution in [0.3, 0.4) is 0 Å². The number of nitrogens with zero attached hydrogens (tertiary/aromatic N) is 2. The predicted octanol–water partition coefficient (Wildman–Crippen LogP) is 6.40. The molecule has 9 heteroatoms. The normalized spacial score (nSPS) is 12.6. The van der Waals surface area contributed by atoms with Gasteiger partial charge in [0.2, 0.25) is 11.8 Å². The third-order valence-electron chi connectivity index (χ3n) is 7.47. The van der Waals surface area contributed by atoms with Crippen LogP contribution in [0.15, 0.2) is 114 Å². The Labute approximate surface area is 265 Å². The summed E-state index contributed by atoms with van der Waals surface area (Å²) in [4.78, 5) is 29.8. The molecule has 7 nitrogen and oxygen atoms in total. The van der Waals surface area contributed by atoms with Gasteiger partial charge in [-0.25, -0.2) is 8.42 Å². The Balaban J connectivity index is 1.79. The van der Waals surface area contributed by atoms with Crippen molar-refractivity contribution in [3.8, 4) is 0 Å². The van der Waals surface area contributed by atoms with Crippen molar-refractivity contribution in [1.29, 1.82) is 0 Å². The zero-order valence-corrected chi connectivity index (χ0v) is 26.8. The van der Waals surface area contributed by atoms with Crippen LogP contribution in [0.2, 0.25) is 5.02 Å². The number of anilines is 1. The fourth-order valence-corrected chi connectivity index (χ4v) is 6.29. The number of carbonyl (C=O) groups excluding carboxylic acids is 2. The van der Waals surface area contributed by atoms with E-state index in [0.717, 1.165) is 27.4 Å². The molecular weight excluding hydrogens is 594 g/mol. The van der Waals surface area contributed by atoms with Gasteiger partial charge >= 0.3 is 0 Å². The maximum absolute atomic E-state index is 14.4. The van der Waals surface area contributed by atoms with Crippen molar-refractivity contribution in [2.45, 2.75) is 57.1 Å². The zero-order valence-electron chi connectivity index (χ0n) is 25.2. The molecule has 0 saturated heterocycles. The molecule has 4 aromatic carbocycles. The van der Waals surface area contributed by atoms with Crippen LogP contribution < -0.4 is 9.62 Å². The maximum Gasteiger partial charge on any atom is 0.264 e. The minimum absolute atomic E-state index is 0.0517. The first-order valence-corrected chi connectivity index (χ1v) is 16.4. The van der Waals surface area contributed by atoms with Gasteiger partial charge in [-0.1, -0.05) is 96.9 Å². The molecule has 0 bridgehead atoms. The SMILES string of the molecule is CC[C@H](C)NC(=O)[C@H](Cc1ccccc1)N(Cc1ccccc1)C(=O)CN(c1ccc(Cl)cc1)S(=O)(=O)c1ccc(C)cc1. The third-order valence-corrected chi connectivity index (χ3v) is 9.51. The van der Waals surface area contributed by atoms with Crippen molar-refractivity contribution >= 4 is 39.1 Å². The number of halogens is 1. The average Bonchev–Trinajstić information content (AvgIpc) is 3.03. The summed E-state index contributed by atoms with van der Waals surface area (Å²) in [5.74, 6) is -0.813. The number of rotatable bonds is 13. The Morgan fingerprint density at radius 1 is 0.818 bits per heavy atom. The van der Waals surface area contributed by atoms with Gasteiger partial charge in [0.1, 0.15) is 12.6 Å². The van der Waals surface area contributed by atoms with Crippen molar-refractivity contribution in [1.82, 2.24) is 10.2 Å². The van der Waals surface area contributed by atoms with E-state index in [0.29, 0.717) is 5.02 Å². The van der Waals surface area contributed by atoms with E-state index < -0.39 is 28.5 Å². The van der Waals surface area contributed by atoms with Crippen LogP contribution in [-0.4, -0.2) is 43.8 Å². The highest BCUT2D eigenvalue weighted by Gasteiger charge is 2.35. The van der Waals surface area contributed by atoms with Crippen LogP contribution in [0.4, 0.5) is 5.69 Å². The number of amides is 2. The smallest absolute Gasteiger partial charge is 0.264 e. The molecule has 4 aromatic rings. The molecule has 0 aliphatic heterocycles. The highest BCUT2D eigenvalue weighted by atomic mass is 35.5. The number of sulfonamides is 1. The number of benzene rings is 4. The summed E-state index contributed by atoms with van der Waals surface area (Å²) in [5.41, 5.74) is 2.88. The Hall–Kier alpha value is -4.14. The van der Waals surface area contributed by atoms with E-state index in [4.69, 9.17) is 11.6 Å². The standard InChI is InChI=1S/C35H38ClN3O4S/c1-4-27(3)37-35(41)33(23-28-11-7-5-8-12-28)38(24-29-13-9-6-10-14-29)34(40)25-39(31-19-17-30(36)18-20-31)44(42,43)32-21-15-26(2)16-22-32/h5-22,27,33H,4,23-25H2,1-3H3,(H,37,41)/t27-,33-/m0/s1. The molecule has 0 aromatic heterocycles. The lowest BCUT2D eigenvalue weighted by molar-refractivity contribution is -0.140. The number of hydrogen-bond donors (Lipinski definition) is 1. The molecule has 230 valence electrons. The maximum atomic E-state index is 14.4. The first-order chi connectivity index (χ1) is 21.1. The van der Waals surface area contributed by atoms with Gasteiger partial charge in [0.25, 0.3) is 10.0 Å². The van der Waals surface area contributed by atoms with E-state index in [1.54, 1.807) is 36.4 Å². The monoisotopic (exact) mass is 631 g/mol. The summed E-state index contributed by atoms with van der Waals surface area (Å²) >= 11 is 6.13. The molecule has 1 N–H and O–H groups in total. The van der Waals surface area contributed by atoms with E-state index >= 15 is 0 Å². The molecule has 0 aliphatic rings. The van der Waals surface area contributed by atoms with E-state index in [1.807, 2.05) is 81.4 Å². The lowest BCUT2D eigenvalue weighted by Gasteiger charge is -2.34. The minimum atomic E-state index is -4.17. The average molecular weight is 632 g/mol. The van der Waals surface area contributed by atoms with Gasteiger partial charge in [-0.3, -0.25) is 13.9 Å². The van der Waals surface area contributed by atoms with Crippen LogP contribution in [0.5, 0.6) is 0 Å². The molecule has 0 heterocycles. The minimum Gasteiger partial charge on any atom is -0.352 e.